The van der Waals surface area contributed by atoms with Crippen molar-refractivity contribution in [2.45, 2.75) is 0 Å². The molecule has 0 atom stereocenters. The molecule has 0 saturated heterocycles. The van der Waals surface area contributed by atoms with Crippen LogP contribution in [0, 0.1) is 0 Å². The first-order valence-electron chi connectivity index (χ1n) is 6.06. The second-order valence-corrected chi connectivity index (χ2v) is 5.05. The zero-order chi connectivity index (χ0) is 15.2. The van der Waals surface area contributed by atoms with E-state index in [4.69, 9.17) is 4.74 Å². The highest BCUT2D eigenvalue weighted by Gasteiger charge is 2.10. The zero-order valence-electron chi connectivity index (χ0n) is 11.2. The van der Waals surface area contributed by atoms with Crippen LogP contribution in [-0.4, -0.2) is 24.3 Å². The van der Waals surface area contributed by atoms with Crippen molar-refractivity contribution < 1.29 is 14.6 Å². The maximum Gasteiger partial charge on any atom is 0.275 e. The molecule has 1 amide bonds. The van der Waals surface area contributed by atoms with Crippen molar-refractivity contribution in [3.8, 4) is 11.5 Å². The molecule has 0 heterocycles. The van der Waals surface area contributed by atoms with Gasteiger partial charge >= 0.3 is 0 Å². The Balaban J connectivity index is 2.06. The SMILES string of the molecule is COc1cccc(/C=N/NC(=O)c2cc(Br)ccc2O)c1. The lowest BCUT2D eigenvalue weighted by Gasteiger charge is -2.03. The number of phenols is 1. The highest BCUT2D eigenvalue weighted by atomic mass is 79.9. The molecule has 0 aromatic heterocycles. The summed E-state index contributed by atoms with van der Waals surface area (Å²) in [5.41, 5.74) is 3.29. The number of methoxy groups -OCH3 is 1. The van der Waals surface area contributed by atoms with E-state index in [0.29, 0.717) is 10.2 Å². The second-order valence-electron chi connectivity index (χ2n) is 4.14. The van der Waals surface area contributed by atoms with Crippen LogP contribution in [0.4, 0.5) is 0 Å². The van der Waals surface area contributed by atoms with Gasteiger partial charge in [-0.25, -0.2) is 5.43 Å². The Labute approximate surface area is 130 Å². The Bertz CT molecular complexity index is 686. The fourth-order valence-electron chi connectivity index (χ4n) is 1.64. The van der Waals surface area contributed by atoms with E-state index in [1.807, 2.05) is 18.2 Å². The maximum atomic E-state index is 11.9. The van der Waals surface area contributed by atoms with Crippen LogP contribution in [-0.2, 0) is 0 Å². The van der Waals surface area contributed by atoms with Crippen molar-refractivity contribution in [1.82, 2.24) is 5.43 Å². The number of aromatic hydroxyl groups is 1. The number of ether oxygens (including phenoxy) is 1. The van der Waals surface area contributed by atoms with Gasteiger partial charge in [-0.2, -0.15) is 5.10 Å². The Morgan fingerprint density at radius 2 is 2.14 bits per heavy atom. The van der Waals surface area contributed by atoms with Crippen LogP contribution in [0.5, 0.6) is 11.5 Å². The number of rotatable bonds is 4. The number of hydrazone groups is 1. The van der Waals surface area contributed by atoms with Gasteiger partial charge in [0.05, 0.1) is 18.9 Å². The molecule has 0 radical (unpaired) electrons. The predicted molar refractivity (Wildman–Crippen MR) is 83.9 cm³/mol. The van der Waals surface area contributed by atoms with Crippen LogP contribution in [0.15, 0.2) is 52.0 Å². The third kappa shape index (κ3) is 4.06. The number of nitrogens with zero attached hydrogens (tertiary/aromatic N) is 1. The fourth-order valence-corrected chi connectivity index (χ4v) is 2.00. The molecule has 0 aliphatic carbocycles. The minimum absolute atomic E-state index is 0.104. The summed E-state index contributed by atoms with van der Waals surface area (Å²) in [5, 5.41) is 13.5. The Kier molecular flexibility index (Phi) is 4.94. The van der Waals surface area contributed by atoms with Gasteiger partial charge in [0.1, 0.15) is 11.5 Å². The summed E-state index contributed by atoms with van der Waals surface area (Å²) >= 11 is 3.24. The van der Waals surface area contributed by atoms with Crippen LogP contribution < -0.4 is 10.2 Å². The number of carbonyl (C=O) groups is 1. The van der Waals surface area contributed by atoms with Crippen LogP contribution in [0.3, 0.4) is 0 Å². The molecule has 108 valence electrons. The first-order valence-corrected chi connectivity index (χ1v) is 6.85. The molecule has 0 bridgehead atoms. The van der Waals surface area contributed by atoms with Gasteiger partial charge in [0.2, 0.25) is 0 Å². The number of amides is 1. The van der Waals surface area contributed by atoms with Gasteiger partial charge in [-0.05, 0) is 35.9 Å². The lowest BCUT2D eigenvalue weighted by atomic mass is 10.2. The smallest absolute Gasteiger partial charge is 0.275 e. The van der Waals surface area contributed by atoms with E-state index in [2.05, 4.69) is 26.5 Å². The number of phenolic OH excluding ortho intramolecular Hbond substituents is 1. The van der Waals surface area contributed by atoms with E-state index in [9.17, 15) is 9.90 Å². The lowest BCUT2D eigenvalue weighted by Crippen LogP contribution is -2.17. The zero-order valence-corrected chi connectivity index (χ0v) is 12.8. The summed E-state index contributed by atoms with van der Waals surface area (Å²) in [7, 11) is 1.58. The van der Waals surface area contributed by atoms with Crippen molar-refractivity contribution in [3.63, 3.8) is 0 Å². The van der Waals surface area contributed by atoms with Crippen molar-refractivity contribution in [2.24, 2.45) is 5.10 Å². The van der Waals surface area contributed by atoms with E-state index in [-0.39, 0.29) is 11.3 Å². The quantitative estimate of drug-likeness (QED) is 0.659. The number of carbonyl (C=O) groups excluding carboxylic acids is 1. The molecule has 5 nitrogen and oxygen atoms in total. The Morgan fingerprint density at radius 3 is 2.90 bits per heavy atom. The maximum absolute atomic E-state index is 11.9. The monoisotopic (exact) mass is 348 g/mol. The molecule has 21 heavy (non-hydrogen) atoms. The normalized spacial score (nSPS) is 10.6. The van der Waals surface area contributed by atoms with Crippen LogP contribution in [0.2, 0.25) is 0 Å². The molecule has 0 aliphatic heterocycles. The highest BCUT2D eigenvalue weighted by Crippen LogP contribution is 2.21. The molecular weight excluding hydrogens is 336 g/mol. The molecule has 6 heteroatoms. The van der Waals surface area contributed by atoms with Gasteiger partial charge in [-0.15, -0.1) is 0 Å². The average Bonchev–Trinajstić information content (AvgIpc) is 2.49. The topological polar surface area (TPSA) is 70.9 Å². The van der Waals surface area contributed by atoms with Gasteiger partial charge < -0.3 is 9.84 Å². The minimum atomic E-state index is -0.493. The number of benzene rings is 2. The molecule has 0 unspecified atom stereocenters. The van der Waals surface area contributed by atoms with E-state index in [0.717, 1.165) is 5.56 Å². The van der Waals surface area contributed by atoms with Crippen LogP contribution in [0.25, 0.3) is 0 Å². The van der Waals surface area contributed by atoms with E-state index >= 15 is 0 Å². The Morgan fingerprint density at radius 1 is 1.33 bits per heavy atom. The molecule has 0 spiro atoms. The molecular formula is C15H13BrN2O3. The second kappa shape index (κ2) is 6.90. The summed E-state index contributed by atoms with van der Waals surface area (Å²) in [4.78, 5) is 11.9. The fraction of sp³-hybridized carbons (Fsp3) is 0.0667. The molecule has 2 aromatic carbocycles. The van der Waals surface area contributed by atoms with Crippen LogP contribution >= 0.6 is 15.9 Å². The van der Waals surface area contributed by atoms with Crippen molar-refractivity contribution in [3.05, 3.63) is 58.1 Å². The van der Waals surface area contributed by atoms with Gasteiger partial charge in [0.25, 0.3) is 5.91 Å². The summed E-state index contributed by atoms with van der Waals surface area (Å²) in [6.07, 6.45) is 1.50. The van der Waals surface area contributed by atoms with Gasteiger partial charge in [0, 0.05) is 4.47 Å². The summed E-state index contributed by atoms with van der Waals surface area (Å²) in [6.45, 7) is 0. The number of halogens is 1. The standard InChI is InChI=1S/C15H13BrN2O3/c1-21-12-4-2-3-10(7-12)9-17-18-15(20)13-8-11(16)5-6-14(13)19/h2-9,19H,1H3,(H,18,20)/b17-9+. The van der Waals surface area contributed by atoms with Crippen LogP contribution in [0.1, 0.15) is 15.9 Å². The minimum Gasteiger partial charge on any atom is -0.507 e. The van der Waals surface area contributed by atoms with Crippen molar-refractivity contribution >= 4 is 28.1 Å². The van der Waals surface area contributed by atoms with Crippen molar-refractivity contribution in [1.29, 1.82) is 0 Å². The summed E-state index contributed by atoms with van der Waals surface area (Å²) < 4.78 is 5.79. The number of nitrogens with one attached hydrogen (secondary N) is 1. The highest BCUT2D eigenvalue weighted by molar-refractivity contribution is 9.10. The predicted octanol–water partition coefficient (Wildman–Crippen LogP) is 2.93. The Hall–Kier alpha value is -2.34. The molecule has 2 aromatic rings. The van der Waals surface area contributed by atoms with Gasteiger partial charge in [0.15, 0.2) is 0 Å². The molecule has 0 aliphatic rings. The first-order chi connectivity index (χ1) is 10.1. The van der Waals surface area contributed by atoms with Crippen molar-refractivity contribution in [2.75, 3.05) is 7.11 Å². The van der Waals surface area contributed by atoms with E-state index < -0.39 is 5.91 Å². The molecule has 0 saturated carbocycles. The number of hydrogen-bond donors (Lipinski definition) is 2. The summed E-state index contributed by atoms with van der Waals surface area (Å²) in [6, 6.07) is 11.8. The summed E-state index contributed by atoms with van der Waals surface area (Å²) in [5.74, 6) is 0.107. The third-order valence-electron chi connectivity index (χ3n) is 2.68. The lowest BCUT2D eigenvalue weighted by molar-refractivity contribution is 0.0952. The first kappa shape index (κ1) is 15.1. The largest absolute Gasteiger partial charge is 0.507 e. The van der Waals surface area contributed by atoms with Gasteiger partial charge in [-0.1, -0.05) is 28.1 Å². The molecule has 2 rings (SSSR count). The molecule has 2 N–H and O–H groups in total. The van der Waals surface area contributed by atoms with E-state index in [1.54, 1.807) is 19.2 Å². The third-order valence-corrected chi connectivity index (χ3v) is 3.17. The van der Waals surface area contributed by atoms with E-state index in [1.165, 1.54) is 18.3 Å². The van der Waals surface area contributed by atoms with Gasteiger partial charge in [-0.3, -0.25) is 4.79 Å². The molecule has 0 fully saturated rings. The number of hydrogen-bond acceptors (Lipinski definition) is 4. The average molecular weight is 349 g/mol.